The molecule has 0 N–H and O–H groups in total. The summed E-state index contributed by atoms with van der Waals surface area (Å²) < 4.78 is 81.6. The van der Waals surface area contributed by atoms with Crippen molar-refractivity contribution in [2.45, 2.75) is 112 Å². The maximum absolute atomic E-state index is 8.73. The Morgan fingerprint density at radius 3 is 1.72 bits per heavy atom. The Bertz CT molecular complexity index is 4720. The zero-order chi connectivity index (χ0) is 64.3. The second-order valence-corrected chi connectivity index (χ2v) is 25.9. The Morgan fingerprint density at radius 1 is 0.463 bits per heavy atom. The van der Waals surface area contributed by atoms with Crippen molar-refractivity contribution in [2.24, 2.45) is 0 Å². The smallest absolute Gasteiger partial charge is 0.269 e. The van der Waals surface area contributed by atoms with Gasteiger partial charge in [0.15, 0.2) is 0 Å². The highest BCUT2D eigenvalue weighted by atomic mass is 16.5. The number of ether oxygens (including phenoxy) is 1. The topological polar surface area (TPSA) is 35.9 Å². The summed E-state index contributed by atoms with van der Waals surface area (Å²) >= 11 is 0. The molecule has 0 amide bonds. The third kappa shape index (κ3) is 10.2. The quantitative estimate of drug-likeness (QED) is 0.107. The number of aromatic nitrogens is 4. The van der Waals surface area contributed by atoms with E-state index in [4.69, 9.17) is 20.7 Å². The van der Waals surface area contributed by atoms with Crippen molar-refractivity contribution in [3.8, 4) is 73.2 Å². The van der Waals surface area contributed by atoms with Crippen LogP contribution in [-0.2, 0) is 21.7 Å². The van der Waals surface area contributed by atoms with Crippen molar-refractivity contribution in [1.29, 1.82) is 0 Å². The molecular weight excluding hydrogens is 997 g/mol. The van der Waals surface area contributed by atoms with Crippen LogP contribution in [0.25, 0.3) is 94.5 Å². The lowest BCUT2D eigenvalue weighted by molar-refractivity contribution is -0.571. The van der Waals surface area contributed by atoms with Crippen molar-refractivity contribution >= 4 is 32.8 Å². The van der Waals surface area contributed by atoms with E-state index in [1.54, 1.807) is 0 Å². The summed E-state index contributed by atoms with van der Waals surface area (Å²) in [7, 11) is 0. The van der Waals surface area contributed by atoms with Crippen LogP contribution in [0.1, 0.15) is 122 Å². The molecule has 3 aromatic heterocycles. The van der Waals surface area contributed by atoms with E-state index in [9.17, 15) is 0 Å². The van der Waals surface area contributed by atoms with Crippen LogP contribution < -0.4 is 9.30 Å². The molecule has 0 radical (unpaired) electrons. The second kappa shape index (κ2) is 20.3. The highest BCUT2D eigenvalue weighted by Crippen LogP contribution is 2.43. The van der Waals surface area contributed by atoms with Crippen molar-refractivity contribution in [3.63, 3.8) is 0 Å². The average molecular weight is 1080 g/mol. The largest absolute Gasteiger partial charge is 0.458 e. The zero-order valence-corrected chi connectivity index (χ0v) is 49.0. The van der Waals surface area contributed by atoms with Gasteiger partial charge in [0.1, 0.15) is 17.3 Å². The first-order valence-corrected chi connectivity index (χ1v) is 28.3. The Hall–Kier alpha value is -8.80. The summed E-state index contributed by atoms with van der Waals surface area (Å²) in [6, 6.07) is 58.7. The van der Waals surface area contributed by atoms with E-state index in [1.807, 2.05) is 65.2 Å². The molecule has 0 fully saturated rings. The fourth-order valence-corrected chi connectivity index (χ4v) is 11.1. The van der Waals surface area contributed by atoms with Gasteiger partial charge in [0, 0.05) is 32.7 Å². The molecule has 0 aliphatic rings. The fraction of sp³-hybridized carbons (Fsp3) is 0.221. The van der Waals surface area contributed by atoms with Crippen LogP contribution in [0.3, 0.4) is 0 Å². The van der Waals surface area contributed by atoms with Gasteiger partial charge in [0.05, 0.1) is 40.3 Å². The van der Waals surface area contributed by atoms with Crippen molar-refractivity contribution < 1.29 is 20.3 Å². The lowest BCUT2D eigenvalue weighted by Crippen LogP contribution is -2.32. The molecule has 0 aliphatic carbocycles. The molecule has 0 atom stereocenters. The van der Waals surface area contributed by atoms with Gasteiger partial charge in [-0.05, 0) is 144 Å². The third-order valence-corrected chi connectivity index (χ3v) is 15.9. The van der Waals surface area contributed by atoms with Gasteiger partial charge in [0.2, 0.25) is 0 Å². The monoisotopic (exact) mass is 1080 g/mol. The highest BCUT2D eigenvalue weighted by molar-refractivity contribution is 6.09. The fourth-order valence-electron chi connectivity index (χ4n) is 11.1. The van der Waals surface area contributed by atoms with E-state index >= 15 is 0 Å². The van der Waals surface area contributed by atoms with E-state index in [0.29, 0.717) is 17.0 Å². The molecular formula is C77H74N4O. The number of hydrogen-bond acceptors (Lipinski definition) is 2. The Morgan fingerprint density at radius 2 is 1.07 bits per heavy atom. The van der Waals surface area contributed by atoms with Gasteiger partial charge in [-0.1, -0.05) is 235 Å². The van der Waals surface area contributed by atoms with Crippen LogP contribution >= 0.6 is 0 Å². The first-order chi connectivity index (χ1) is 42.3. The van der Waals surface area contributed by atoms with Gasteiger partial charge >= 0.3 is 0 Å². The van der Waals surface area contributed by atoms with E-state index in [0.717, 1.165) is 72.1 Å². The number of rotatable bonds is 9. The average Bonchev–Trinajstić information content (AvgIpc) is 1.43. The number of hydrogen-bond donors (Lipinski definition) is 0. The lowest BCUT2D eigenvalue weighted by atomic mass is 9.80. The van der Waals surface area contributed by atoms with E-state index < -0.39 is 37.1 Å². The summed E-state index contributed by atoms with van der Waals surface area (Å²) in [6.45, 7) is 24.4. The minimum Gasteiger partial charge on any atom is -0.458 e. The first kappa shape index (κ1) is 44.9. The summed E-state index contributed by atoms with van der Waals surface area (Å²) in [5, 5.41) is 1.76. The number of aryl methyl sites for hydroxylation is 1. The maximum Gasteiger partial charge on any atom is 0.269 e. The molecule has 9 aromatic carbocycles. The van der Waals surface area contributed by atoms with E-state index in [2.05, 4.69) is 208 Å². The van der Waals surface area contributed by atoms with Crippen molar-refractivity contribution in [2.75, 3.05) is 0 Å². The van der Waals surface area contributed by atoms with Gasteiger partial charge in [-0.3, -0.25) is 13.7 Å². The molecule has 3 heterocycles. The van der Waals surface area contributed by atoms with Crippen LogP contribution in [0.4, 0.5) is 0 Å². The number of benzene rings is 9. The Labute approximate surface area is 496 Å². The number of pyridine rings is 1. The lowest BCUT2D eigenvalue weighted by Gasteiger charge is -2.27. The summed E-state index contributed by atoms with van der Waals surface area (Å²) in [6.07, 6.45) is 5.28. The SMILES string of the molecule is [2H]c1c([2H])c([2H])c(-c2cnc(-n3c4ccccc4c4ccc(Oc5cccc(-n6[c-][n+](-c7c(-c8cccc(C(C)(C)C)c8)cc(C(C)(C)C)cc7-c7cccc(C(C)(C)C)c7)c7ccc(-c8ccc(C(C)(C)C)cc8)cc76)c5)cc43)cc2C([2H])([2H])[2H])c([2H])c1[2H]. The number of para-hydroxylation sites is 1. The number of imidazole rings is 1. The maximum atomic E-state index is 8.73. The van der Waals surface area contributed by atoms with Gasteiger partial charge in [0.25, 0.3) is 6.33 Å². The Kier molecular flexibility index (Phi) is 11.1. The molecule has 0 bridgehead atoms. The third-order valence-electron chi connectivity index (χ3n) is 15.9. The van der Waals surface area contributed by atoms with Gasteiger partial charge < -0.3 is 4.74 Å². The predicted molar refractivity (Wildman–Crippen MR) is 344 cm³/mol. The molecule has 0 spiro atoms. The van der Waals surface area contributed by atoms with Crippen LogP contribution in [0.2, 0.25) is 0 Å². The molecule has 0 saturated carbocycles. The Balaban J connectivity index is 1.05. The van der Waals surface area contributed by atoms with E-state index in [1.165, 1.54) is 34.5 Å². The first-order valence-electron chi connectivity index (χ1n) is 32.3. The number of nitrogens with zero attached hydrogens (tertiary/aromatic N) is 4. The van der Waals surface area contributed by atoms with Gasteiger partial charge in [-0.15, -0.1) is 0 Å². The van der Waals surface area contributed by atoms with Crippen LogP contribution in [0, 0.1) is 13.2 Å². The van der Waals surface area contributed by atoms with Crippen LogP contribution in [0.5, 0.6) is 11.5 Å². The summed E-state index contributed by atoms with van der Waals surface area (Å²) in [5.41, 5.74) is 15.7. The normalized spacial score (nSPS) is 14.0. The van der Waals surface area contributed by atoms with Crippen molar-refractivity contribution in [3.05, 3.63) is 246 Å². The summed E-state index contributed by atoms with van der Waals surface area (Å²) in [5.74, 6) is 1.33. The molecule has 5 nitrogen and oxygen atoms in total. The molecule has 12 aromatic rings. The summed E-state index contributed by atoms with van der Waals surface area (Å²) in [4.78, 5) is 4.80. The van der Waals surface area contributed by atoms with E-state index in [-0.39, 0.29) is 44.2 Å². The molecule has 0 unspecified atom stereocenters. The van der Waals surface area contributed by atoms with Gasteiger partial charge in [-0.2, -0.15) is 0 Å². The molecule has 5 heteroatoms. The number of fused-ring (bicyclic) bond motifs is 4. The van der Waals surface area contributed by atoms with Crippen molar-refractivity contribution in [1.82, 2.24) is 14.1 Å². The molecule has 0 aliphatic heterocycles. The van der Waals surface area contributed by atoms with Crippen LogP contribution in [-0.4, -0.2) is 14.1 Å². The minimum atomic E-state index is -2.76. The molecule has 12 rings (SSSR count). The highest BCUT2D eigenvalue weighted by Gasteiger charge is 2.27. The molecule has 408 valence electrons. The zero-order valence-electron chi connectivity index (χ0n) is 57.0. The molecule has 82 heavy (non-hydrogen) atoms. The minimum absolute atomic E-state index is 0.0103. The predicted octanol–water partition coefficient (Wildman–Crippen LogP) is 20.2. The standard InChI is InChI=1S/C77H74N4O/c1-50-40-72(78-48-67(50)52-22-15-14-16-23-52)81-68-31-18-17-30-63(68)64-38-37-62(47-70(64)81)82-61-29-21-28-60(46-61)79-49-80(69-39-34-53(43-71(69)79)51-32-35-56(36-33-51)74(2,3)4)73-65(54-24-19-26-57(41-54)75(5,6)7)44-59(77(11,12)13)45-66(73)55-25-20-27-58(42-55)76(8,9)10/h14-48H,1-13H3/i1D3,14D,15D,16D,22D,23D. The second-order valence-electron chi connectivity index (χ2n) is 25.9. The van der Waals surface area contributed by atoms with Gasteiger partial charge in [-0.25, -0.2) is 4.98 Å². The van der Waals surface area contributed by atoms with Crippen LogP contribution in [0.15, 0.2) is 212 Å². The molecule has 0 saturated heterocycles.